The van der Waals surface area contributed by atoms with Gasteiger partial charge in [-0.05, 0) is 43.0 Å². The van der Waals surface area contributed by atoms with Gasteiger partial charge in [-0.3, -0.25) is 0 Å². The van der Waals surface area contributed by atoms with Crippen molar-refractivity contribution in [2.45, 2.75) is 40.5 Å². The fourth-order valence-corrected chi connectivity index (χ4v) is 1.93. The van der Waals surface area contributed by atoms with E-state index >= 15 is 0 Å². The average molecular weight is 275 g/mol. The van der Waals surface area contributed by atoms with Crippen molar-refractivity contribution in [3.05, 3.63) is 35.4 Å². The molecule has 0 unspecified atom stereocenters. The minimum Gasteiger partial charge on any atom is -0.494 e. The molecule has 1 rings (SSSR count). The number of rotatable bonds is 9. The maximum Gasteiger partial charge on any atom is 0.119 e. The van der Waals surface area contributed by atoms with E-state index in [1.54, 1.807) is 0 Å². The van der Waals surface area contributed by atoms with Crippen LogP contribution in [0.4, 0.5) is 0 Å². The van der Waals surface area contributed by atoms with Crippen LogP contribution >= 0.6 is 0 Å². The summed E-state index contributed by atoms with van der Waals surface area (Å²) in [5, 5.41) is 3.48. The summed E-state index contributed by atoms with van der Waals surface area (Å²) in [5.74, 6) is 1.52. The van der Waals surface area contributed by atoms with Gasteiger partial charge in [-0.25, -0.2) is 0 Å². The van der Waals surface area contributed by atoms with Gasteiger partial charge >= 0.3 is 0 Å². The van der Waals surface area contributed by atoms with Crippen molar-refractivity contribution in [3.63, 3.8) is 0 Å². The van der Waals surface area contributed by atoms with Crippen molar-refractivity contribution in [1.82, 2.24) is 5.32 Å². The number of nitrogens with one attached hydrogen (secondary N) is 1. The number of hydrogen-bond donors (Lipinski definition) is 1. The highest BCUT2D eigenvalue weighted by atomic mass is 16.5. The lowest BCUT2D eigenvalue weighted by molar-refractivity contribution is 0.317. The number of ether oxygens (including phenoxy) is 1. The van der Waals surface area contributed by atoms with Crippen molar-refractivity contribution in [1.29, 1.82) is 0 Å². The molecule has 0 radical (unpaired) electrons. The van der Waals surface area contributed by atoms with Crippen LogP contribution in [0.2, 0.25) is 0 Å². The lowest BCUT2D eigenvalue weighted by atomic mass is 10.00. The lowest BCUT2D eigenvalue weighted by Crippen LogP contribution is -2.19. The Morgan fingerprint density at radius 3 is 2.40 bits per heavy atom. The monoisotopic (exact) mass is 275 g/mol. The minimum absolute atomic E-state index is 0.565. The van der Waals surface area contributed by atoms with Gasteiger partial charge < -0.3 is 10.1 Å². The van der Waals surface area contributed by atoms with Crippen LogP contribution in [-0.2, 0) is 0 Å². The first-order valence-electron chi connectivity index (χ1n) is 7.81. The maximum atomic E-state index is 5.61. The van der Waals surface area contributed by atoms with Gasteiger partial charge in [0.05, 0.1) is 6.61 Å². The summed E-state index contributed by atoms with van der Waals surface area (Å²) >= 11 is 0. The Kier molecular flexibility index (Phi) is 8.05. The summed E-state index contributed by atoms with van der Waals surface area (Å²) in [5.41, 5.74) is 2.69. The van der Waals surface area contributed by atoms with Crippen molar-refractivity contribution in [2.75, 3.05) is 19.7 Å². The standard InChI is InChI=1S/C18H29NO/c1-5-11-19-14-17(15(3)4)13-16-7-9-18(10-8-16)20-12-6-2/h7-10,13,15,19H,5-6,11-12,14H2,1-4H3. The fraction of sp³-hybridized carbons (Fsp3) is 0.556. The third kappa shape index (κ3) is 6.25. The summed E-state index contributed by atoms with van der Waals surface area (Å²) < 4.78 is 5.61. The largest absolute Gasteiger partial charge is 0.494 e. The van der Waals surface area contributed by atoms with Crippen LogP contribution in [0.5, 0.6) is 5.75 Å². The summed E-state index contributed by atoms with van der Waals surface area (Å²) in [7, 11) is 0. The van der Waals surface area contributed by atoms with E-state index in [4.69, 9.17) is 4.74 Å². The van der Waals surface area contributed by atoms with Crippen LogP contribution in [0.3, 0.4) is 0 Å². The molecule has 20 heavy (non-hydrogen) atoms. The molecule has 0 aliphatic heterocycles. The van der Waals surface area contributed by atoms with Gasteiger partial charge in [-0.2, -0.15) is 0 Å². The van der Waals surface area contributed by atoms with E-state index in [1.807, 2.05) is 0 Å². The van der Waals surface area contributed by atoms with Crippen molar-refractivity contribution in [2.24, 2.45) is 5.92 Å². The summed E-state index contributed by atoms with van der Waals surface area (Å²) in [4.78, 5) is 0. The highest BCUT2D eigenvalue weighted by Gasteiger charge is 2.03. The zero-order valence-corrected chi connectivity index (χ0v) is 13.4. The first-order chi connectivity index (χ1) is 9.67. The maximum absolute atomic E-state index is 5.61. The quantitative estimate of drug-likeness (QED) is 0.669. The van der Waals surface area contributed by atoms with E-state index in [-0.39, 0.29) is 0 Å². The molecule has 0 amide bonds. The normalized spacial score (nSPS) is 11.9. The molecule has 0 atom stereocenters. The Balaban J connectivity index is 2.67. The highest BCUT2D eigenvalue weighted by molar-refractivity contribution is 5.54. The minimum atomic E-state index is 0.565. The van der Waals surface area contributed by atoms with E-state index < -0.39 is 0 Å². The molecule has 0 spiro atoms. The molecular formula is C18H29NO. The van der Waals surface area contributed by atoms with Gasteiger partial charge in [0, 0.05) is 6.54 Å². The average Bonchev–Trinajstić information content (AvgIpc) is 2.45. The molecule has 112 valence electrons. The first-order valence-corrected chi connectivity index (χ1v) is 7.81. The van der Waals surface area contributed by atoms with Crippen LogP contribution < -0.4 is 10.1 Å². The molecule has 0 aromatic heterocycles. The molecule has 1 aromatic carbocycles. The van der Waals surface area contributed by atoms with Gasteiger partial charge in [-0.1, -0.05) is 51.5 Å². The molecule has 0 bridgehead atoms. The SMILES string of the molecule is CCCNCC(=Cc1ccc(OCCC)cc1)C(C)C. The van der Waals surface area contributed by atoms with E-state index in [2.05, 4.69) is 63.4 Å². The van der Waals surface area contributed by atoms with Gasteiger partial charge in [0.1, 0.15) is 5.75 Å². The molecule has 0 saturated carbocycles. The zero-order valence-electron chi connectivity index (χ0n) is 13.4. The van der Waals surface area contributed by atoms with Gasteiger partial charge in [0.15, 0.2) is 0 Å². The third-order valence-electron chi connectivity index (χ3n) is 3.20. The van der Waals surface area contributed by atoms with E-state index in [0.717, 1.165) is 31.9 Å². The summed E-state index contributed by atoms with van der Waals surface area (Å²) in [6.45, 7) is 11.6. The van der Waals surface area contributed by atoms with Gasteiger partial charge in [0.25, 0.3) is 0 Å². The van der Waals surface area contributed by atoms with E-state index in [1.165, 1.54) is 17.6 Å². The van der Waals surface area contributed by atoms with Gasteiger partial charge in [-0.15, -0.1) is 0 Å². The second-order valence-corrected chi connectivity index (χ2v) is 5.47. The molecule has 1 aromatic rings. The first kappa shape index (κ1) is 16.8. The molecule has 0 aliphatic rings. The van der Waals surface area contributed by atoms with Gasteiger partial charge in [0.2, 0.25) is 0 Å². The Morgan fingerprint density at radius 2 is 1.85 bits per heavy atom. The topological polar surface area (TPSA) is 21.3 Å². The predicted molar refractivity (Wildman–Crippen MR) is 88.2 cm³/mol. The second-order valence-electron chi connectivity index (χ2n) is 5.47. The molecule has 0 heterocycles. The van der Waals surface area contributed by atoms with Crippen LogP contribution in [0.15, 0.2) is 29.8 Å². The number of hydrogen-bond acceptors (Lipinski definition) is 2. The second kappa shape index (κ2) is 9.60. The molecule has 2 nitrogen and oxygen atoms in total. The summed E-state index contributed by atoms with van der Waals surface area (Å²) in [6, 6.07) is 8.37. The summed E-state index contributed by atoms with van der Waals surface area (Å²) in [6.07, 6.45) is 4.51. The molecule has 1 N–H and O–H groups in total. The fourth-order valence-electron chi connectivity index (χ4n) is 1.93. The molecular weight excluding hydrogens is 246 g/mol. The van der Waals surface area contributed by atoms with Crippen molar-refractivity contribution in [3.8, 4) is 5.75 Å². The third-order valence-corrected chi connectivity index (χ3v) is 3.20. The highest BCUT2D eigenvalue weighted by Crippen LogP contribution is 2.17. The Bertz CT molecular complexity index is 392. The molecule has 2 heteroatoms. The van der Waals surface area contributed by atoms with Crippen LogP contribution in [0, 0.1) is 5.92 Å². The van der Waals surface area contributed by atoms with Crippen LogP contribution in [0.1, 0.15) is 46.1 Å². The van der Waals surface area contributed by atoms with Crippen molar-refractivity contribution < 1.29 is 4.74 Å². The van der Waals surface area contributed by atoms with E-state index in [0.29, 0.717) is 5.92 Å². The Labute approximate surface area is 124 Å². The Morgan fingerprint density at radius 1 is 1.15 bits per heavy atom. The zero-order chi connectivity index (χ0) is 14.8. The number of benzene rings is 1. The molecule has 0 saturated heterocycles. The van der Waals surface area contributed by atoms with Crippen molar-refractivity contribution >= 4 is 6.08 Å². The van der Waals surface area contributed by atoms with E-state index in [9.17, 15) is 0 Å². The molecule has 0 aliphatic carbocycles. The predicted octanol–water partition coefficient (Wildman–Crippen LogP) is 4.51. The smallest absolute Gasteiger partial charge is 0.119 e. The Hall–Kier alpha value is -1.28. The van der Waals surface area contributed by atoms with Crippen LogP contribution in [-0.4, -0.2) is 19.7 Å². The lowest BCUT2D eigenvalue weighted by Gasteiger charge is -2.13. The molecule has 0 fully saturated rings. The van der Waals surface area contributed by atoms with Crippen LogP contribution in [0.25, 0.3) is 6.08 Å².